The summed E-state index contributed by atoms with van der Waals surface area (Å²) in [5.41, 5.74) is 0. The minimum Gasteiger partial charge on any atom is -1.00 e. The molecule has 0 atom stereocenters. The Labute approximate surface area is 292 Å². The summed E-state index contributed by atoms with van der Waals surface area (Å²) in [4.78, 5) is 0. The molecule has 0 amide bonds. The molecule has 0 heterocycles. The molecule has 0 nitrogen and oxygen atoms in total. The van der Waals surface area contributed by atoms with E-state index in [9.17, 15) is 0 Å². The van der Waals surface area contributed by atoms with Gasteiger partial charge in [0, 0.05) is 0 Å². The van der Waals surface area contributed by atoms with Crippen LogP contribution in [0.15, 0.2) is 0 Å². The van der Waals surface area contributed by atoms with Gasteiger partial charge in [0.25, 0.3) is 0 Å². The minimum atomic E-state index is 0. The molecule has 0 aliphatic heterocycles. The minimum absolute atomic E-state index is 0. The zero-order valence-corrected chi connectivity index (χ0v) is 20.4. The maximum Gasteiger partial charge on any atom is 2.00 e. The van der Waals surface area contributed by atoms with Gasteiger partial charge in [-0.2, -0.15) is 0 Å². The zero-order chi connectivity index (χ0) is 0. The molecule has 0 aromatic carbocycles. The average Bonchev–Trinajstić information content (AvgIpc) is 0. The van der Waals surface area contributed by atoms with Crippen LogP contribution in [0.2, 0.25) is 0 Å². The standard InChI is InChI=1S/Al.7Ca.17H/q;7*+2;;;;14*-1. The number of rotatable bonds is 0. The Bertz CT molecular complexity index is 25.2. The molecule has 34 valence electrons. The van der Waals surface area contributed by atoms with E-state index in [1.807, 2.05) is 0 Å². The van der Waals surface area contributed by atoms with Crippen molar-refractivity contribution in [2.75, 3.05) is 0 Å². The monoisotopic (exact) mass is 324 g/mol. The van der Waals surface area contributed by atoms with Crippen LogP contribution in [0.3, 0.4) is 0 Å². The van der Waals surface area contributed by atoms with Crippen molar-refractivity contribution in [3.05, 3.63) is 0 Å². The Morgan fingerprint density at radius 1 is 0.375 bits per heavy atom. The summed E-state index contributed by atoms with van der Waals surface area (Å²) >= 11 is 0. The van der Waals surface area contributed by atoms with Crippen LogP contribution in [0.1, 0.15) is 20.0 Å². The molecule has 0 aliphatic rings. The van der Waals surface area contributed by atoms with Crippen LogP contribution in [-0.4, -0.2) is 282 Å². The van der Waals surface area contributed by atoms with E-state index < -0.39 is 0 Å². The molecule has 0 aliphatic carbocycles. The Kier molecular flexibility index (Phi) is 292. The van der Waals surface area contributed by atoms with Gasteiger partial charge in [0.1, 0.15) is 0 Å². The second-order valence-corrected chi connectivity index (χ2v) is 0. The van der Waals surface area contributed by atoms with Crippen molar-refractivity contribution in [3.8, 4) is 0 Å². The Morgan fingerprint density at radius 2 is 0.375 bits per heavy atom. The van der Waals surface area contributed by atoms with Gasteiger partial charge in [0.05, 0.1) is 0 Å². The van der Waals surface area contributed by atoms with E-state index in [1.165, 1.54) is 0 Å². The molecule has 0 radical (unpaired) electrons. The largest absolute Gasteiger partial charge is 2.00 e. The predicted octanol–water partition coefficient (Wildman–Crippen LogP) is -2.27. The van der Waals surface area contributed by atoms with E-state index in [4.69, 9.17) is 0 Å². The van der Waals surface area contributed by atoms with Crippen LogP contribution >= 0.6 is 0 Å². The molecule has 0 bridgehead atoms. The molecule has 0 saturated heterocycles. The Morgan fingerprint density at radius 3 is 0.375 bits per heavy atom. The Balaban J connectivity index is 0. The predicted molar refractivity (Wildman–Crippen MR) is 65.8 cm³/mol. The summed E-state index contributed by atoms with van der Waals surface area (Å²) in [5, 5.41) is 0. The van der Waals surface area contributed by atoms with E-state index in [0.717, 1.165) is 0 Å². The smallest absolute Gasteiger partial charge is 1.00 e. The van der Waals surface area contributed by atoms with Crippen LogP contribution in [-0.2, 0) is 0 Å². The normalized spacial score (nSPS) is 0. The summed E-state index contributed by atoms with van der Waals surface area (Å²) in [6.45, 7) is 0. The van der Waals surface area contributed by atoms with Gasteiger partial charge in [-0.25, -0.2) is 0 Å². The summed E-state index contributed by atoms with van der Waals surface area (Å²) in [7, 11) is 0. The van der Waals surface area contributed by atoms with Gasteiger partial charge in [0.2, 0.25) is 0 Å². The van der Waals surface area contributed by atoms with Gasteiger partial charge in [-0.05, 0) is 0 Å². The molecule has 0 N–H and O–H groups in total. The first-order valence-electron chi connectivity index (χ1n) is 0. The molecule has 0 unspecified atom stereocenters. The van der Waals surface area contributed by atoms with E-state index in [0.29, 0.717) is 0 Å². The molecular formula is H17AlCa7. The van der Waals surface area contributed by atoms with Crippen molar-refractivity contribution in [1.82, 2.24) is 0 Å². The van der Waals surface area contributed by atoms with Crippen LogP contribution in [0.5, 0.6) is 0 Å². The molecule has 0 fully saturated rings. The van der Waals surface area contributed by atoms with Gasteiger partial charge in [-0.3, -0.25) is 0 Å². The maximum absolute atomic E-state index is 0. The van der Waals surface area contributed by atoms with Crippen LogP contribution in [0.4, 0.5) is 0 Å². The quantitative estimate of drug-likeness (QED) is 0.441. The fourth-order valence-corrected chi connectivity index (χ4v) is 0. The average molecular weight is 325 g/mol. The van der Waals surface area contributed by atoms with Crippen molar-refractivity contribution in [2.24, 2.45) is 0 Å². The van der Waals surface area contributed by atoms with Crippen molar-refractivity contribution >= 4 is 282 Å². The molecular weight excluding hydrogens is 308 g/mol. The molecule has 0 aromatic heterocycles. The fourth-order valence-electron chi connectivity index (χ4n) is 0. The first-order chi connectivity index (χ1) is 0. The first-order valence-corrected chi connectivity index (χ1v) is 0. The molecule has 0 saturated carbocycles. The third-order valence-corrected chi connectivity index (χ3v) is 0. The molecule has 0 rings (SSSR count). The number of hydrogen-bond acceptors (Lipinski definition) is 0. The van der Waals surface area contributed by atoms with Crippen molar-refractivity contribution in [3.63, 3.8) is 0 Å². The summed E-state index contributed by atoms with van der Waals surface area (Å²) < 4.78 is 0. The molecule has 8 heavy (non-hydrogen) atoms. The second-order valence-electron chi connectivity index (χ2n) is 0. The van der Waals surface area contributed by atoms with Gasteiger partial charge >= 0.3 is 264 Å². The number of hydrogen-bond donors (Lipinski definition) is 0. The van der Waals surface area contributed by atoms with Gasteiger partial charge in [0.15, 0.2) is 17.4 Å². The van der Waals surface area contributed by atoms with Crippen molar-refractivity contribution < 1.29 is 20.0 Å². The van der Waals surface area contributed by atoms with Crippen LogP contribution in [0.25, 0.3) is 0 Å². The molecule has 0 spiro atoms. The van der Waals surface area contributed by atoms with E-state index >= 15 is 0 Å². The van der Waals surface area contributed by atoms with Crippen molar-refractivity contribution in [2.45, 2.75) is 0 Å². The summed E-state index contributed by atoms with van der Waals surface area (Å²) in [6, 6.07) is 0. The van der Waals surface area contributed by atoms with Gasteiger partial charge < -0.3 is 20.0 Å². The third-order valence-electron chi connectivity index (χ3n) is 0. The molecule has 8 heteroatoms. The SMILES string of the molecule is [AlH3].[Ca+2].[Ca+2].[Ca+2].[Ca+2].[Ca+2].[Ca+2].[Ca+2].[H-].[H-].[H-].[H-].[H-].[H-].[H-].[H-].[H-].[H-].[H-].[H-].[H-].[H-]. The maximum atomic E-state index is 0. The van der Waals surface area contributed by atoms with Crippen molar-refractivity contribution in [1.29, 1.82) is 0 Å². The second kappa shape index (κ2) is 44.1. The van der Waals surface area contributed by atoms with Gasteiger partial charge in [-0.15, -0.1) is 0 Å². The van der Waals surface area contributed by atoms with Crippen LogP contribution in [0, 0.1) is 0 Å². The molecule has 0 aromatic rings. The van der Waals surface area contributed by atoms with E-state index in [2.05, 4.69) is 0 Å². The first kappa shape index (κ1) is 53.1. The third kappa shape index (κ3) is 36.2. The zero-order valence-electron chi connectivity index (χ0n) is 18.9. The van der Waals surface area contributed by atoms with E-state index in [-0.39, 0.29) is 302 Å². The topological polar surface area (TPSA) is 0 Å². The van der Waals surface area contributed by atoms with Crippen LogP contribution < -0.4 is 0 Å². The summed E-state index contributed by atoms with van der Waals surface area (Å²) in [5.74, 6) is 0. The van der Waals surface area contributed by atoms with Gasteiger partial charge in [-0.1, -0.05) is 0 Å². The Hall–Kier alpha value is 9.35. The fraction of sp³-hybridized carbons (Fsp3) is 0. The van der Waals surface area contributed by atoms with E-state index in [1.54, 1.807) is 0 Å². The summed E-state index contributed by atoms with van der Waals surface area (Å²) in [6.07, 6.45) is 0.